The van der Waals surface area contributed by atoms with Crippen LogP contribution in [0.25, 0.3) is 11.1 Å². The molecule has 0 heterocycles. The molecule has 0 amide bonds. The van der Waals surface area contributed by atoms with E-state index in [4.69, 9.17) is 0 Å². The number of benzene rings is 2. The molecule has 94 valence electrons. The van der Waals surface area contributed by atoms with Gasteiger partial charge in [-0.15, -0.1) is 0 Å². The van der Waals surface area contributed by atoms with E-state index in [1.807, 2.05) is 6.07 Å². The number of halogens is 5. The van der Waals surface area contributed by atoms with Crippen LogP contribution >= 0.6 is 31.9 Å². The van der Waals surface area contributed by atoms with Crippen LogP contribution in [0.5, 0.6) is 0 Å². The zero-order chi connectivity index (χ0) is 13.3. The molecule has 18 heavy (non-hydrogen) atoms. The molecule has 0 saturated heterocycles. The fourth-order valence-electron chi connectivity index (χ4n) is 1.60. The quantitative estimate of drug-likeness (QED) is 0.578. The summed E-state index contributed by atoms with van der Waals surface area (Å²) in [5, 5.41) is 0. The lowest BCUT2D eigenvalue weighted by Gasteiger charge is -2.09. The summed E-state index contributed by atoms with van der Waals surface area (Å²) in [5.74, 6) is 0. The van der Waals surface area contributed by atoms with Gasteiger partial charge in [0.15, 0.2) is 0 Å². The number of alkyl halides is 3. The van der Waals surface area contributed by atoms with Gasteiger partial charge in [-0.3, -0.25) is 0 Å². The van der Waals surface area contributed by atoms with Crippen LogP contribution in [0.15, 0.2) is 51.4 Å². The Morgan fingerprint density at radius 1 is 0.778 bits per heavy atom. The second-order valence-electron chi connectivity index (χ2n) is 3.74. The molecule has 0 aliphatic carbocycles. The summed E-state index contributed by atoms with van der Waals surface area (Å²) >= 11 is 6.63. The summed E-state index contributed by atoms with van der Waals surface area (Å²) in [6, 6.07) is 10.7. The average molecular weight is 380 g/mol. The topological polar surface area (TPSA) is 0 Å². The molecule has 0 fully saturated rings. The van der Waals surface area contributed by atoms with Gasteiger partial charge in [-0.1, -0.05) is 44.0 Å². The highest BCUT2D eigenvalue weighted by Crippen LogP contribution is 2.33. The Balaban J connectivity index is 2.51. The molecule has 2 rings (SSSR count). The predicted octanol–water partition coefficient (Wildman–Crippen LogP) is 5.90. The highest BCUT2D eigenvalue weighted by Gasteiger charge is 2.30. The van der Waals surface area contributed by atoms with Crippen molar-refractivity contribution >= 4 is 31.9 Å². The summed E-state index contributed by atoms with van der Waals surface area (Å²) in [4.78, 5) is 0. The van der Waals surface area contributed by atoms with Gasteiger partial charge in [-0.2, -0.15) is 13.2 Å². The molecule has 0 atom stereocenters. The van der Waals surface area contributed by atoms with E-state index in [0.717, 1.165) is 26.6 Å². The minimum atomic E-state index is -4.32. The molecule has 0 unspecified atom stereocenters. The summed E-state index contributed by atoms with van der Waals surface area (Å²) in [6.45, 7) is 0. The van der Waals surface area contributed by atoms with E-state index in [9.17, 15) is 13.2 Å². The predicted molar refractivity (Wildman–Crippen MR) is 72.3 cm³/mol. The van der Waals surface area contributed by atoms with E-state index in [1.54, 1.807) is 18.2 Å². The van der Waals surface area contributed by atoms with E-state index < -0.39 is 11.7 Å². The fourth-order valence-corrected chi connectivity index (χ4v) is 2.89. The summed E-state index contributed by atoms with van der Waals surface area (Å²) in [5.41, 5.74) is 0.616. The maximum Gasteiger partial charge on any atom is 0.416 e. The molecule has 5 heteroatoms. The van der Waals surface area contributed by atoms with Crippen LogP contribution in [0.1, 0.15) is 5.56 Å². The van der Waals surface area contributed by atoms with Crippen molar-refractivity contribution in [1.29, 1.82) is 0 Å². The highest BCUT2D eigenvalue weighted by molar-refractivity contribution is 9.11. The second kappa shape index (κ2) is 5.05. The molecule has 0 aromatic heterocycles. The zero-order valence-corrected chi connectivity index (χ0v) is 12.1. The molecule has 0 bridgehead atoms. The minimum Gasteiger partial charge on any atom is -0.166 e. The molecule has 0 nitrogen and oxygen atoms in total. The van der Waals surface area contributed by atoms with Crippen LogP contribution in [0.3, 0.4) is 0 Å². The Hall–Kier alpha value is -0.810. The van der Waals surface area contributed by atoms with Gasteiger partial charge in [0.2, 0.25) is 0 Å². The summed E-state index contributed by atoms with van der Waals surface area (Å²) in [7, 11) is 0. The minimum absolute atomic E-state index is 0.534. The standard InChI is InChI=1S/C13H7Br2F3/c14-11-5-9(6-12(15)7-11)8-2-1-3-10(4-8)13(16,17)18/h1-7H. The third-order valence-electron chi connectivity index (χ3n) is 2.39. The second-order valence-corrected chi connectivity index (χ2v) is 5.57. The molecule has 0 spiro atoms. The van der Waals surface area contributed by atoms with Crippen molar-refractivity contribution in [3.05, 3.63) is 57.0 Å². The molecule has 0 saturated carbocycles. The first-order valence-electron chi connectivity index (χ1n) is 5.00. The summed E-state index contributed by atoms with van der Waals surface area (Å²) in [6.07, 6.45) is -4.32. The van der Waals surface area contributed by atoms with E-state index in [0.29, 0.717) is 5.56 Å². The van der Waals surface area contributed by atoms with Gasteiger partial charge in [-0.05, 0) is 41.5 Å². The van der Waals surface area contributed by atoms with Crippen LogP contribution in [0.4, 0.5) is 13.2 Å². The average Bonchev–Trinajstić information content (AvgIpc) is 2.27. The van der Waals surface area contributed by atoms with Crippen LogP contribution < -0.4 is 0 Å². The van der Waals surface area contributed by atoms with Crippen molar-refractivity contribution in [2.24, 2.45) is 0 Å². The normalized spacial score (nSPS) is 11.6. The van der Waals surface area contributed by atoms with Gasteiger partial charge in [0.05, 0.1) is 5.56 Å². The van der Waals surface area contributed by atoms with E-state index >= 15 is 0 Å². The first-order valence-corrected chi connectivity index (χ1v) is 6.58. The van der Waals surface area contributed by atoms with Crippen molar-refractivity contribution in [2.45, 2.75) is 6.18 Å². The van der Waals surface area contributed by atoms with E-state index in [2.05, 4.69) is 31.9 Å². The van der Waals surface area contributed by atoms with Crippen molar-refractivity contribution in [2.75, 3.05) is 0 Å². The van der Waals surface area contributed by atoms with Crippen LogP contribution in [0, 0.1) is 0 Å². The first kappa shape index (κ1) is 13.6. The number of rotatable bonds is 1. The Bertz CT molecular complexity index is 556. The molecule has 0 N–H and O–H groups in total. The van der Waals surface area contributed by atoms with Gasteiger partial charge in [0, 0.05) is 8.95 Å². The molecule has 0 radical (unpaired) electrons. The van der Waals surface area contributed by atoms with Gasteiger partial charge in [0.1, 0.15) is 0 Å². The van der Waals surface area contributed by atoms with Crippen molar-refractivity contribution in [1.82, 2.24) is 0 Å². The zero-order valence-electron chi connectivity index (χ0n) is 8.93. The number of hydrogen-bond donors (Lipinski definition) is 0. The van der Waals surface area contributed by atoms with Gasteiger partial charge < -0.3 is 0 Å². The maximum absolute atomic E-state index is 12.6. The Morgan fingerprint density at radius 3 is 1.94 bits per heavy atom. The smallest absolute Gasteiger partial charge is 0.166 e. The Labute approximate surface area is 119 Å². The SMILES string of the molecule is FC(F)(F)c1cccc(-c2cc(Br)cc(Br)c2)c1. The molecule has 2 aromatic rings. The van der Waals surface area contributed by atoms with Gasteiger partial charge >= 0.3 is 6.18 Å². The van der Waals surface area contributed by atoms with Gasteiger partial charge in [0.25, 0.3) is 0 Å². The summed E-state index contributed by atoms with van der Waals surface area (Å²) < 4.78 is 39.5. The van der Waals surface area contributed by atoms with Crippen LogP contribution in [0.2, 0.25) is 0 Å². The van der Waals surface area contributed by atoms with E-state index in [-0.39, 0.29) is 0 Å². The maximum atomic E-state index is 12.6. The largest absolute Gasteiger partial charge is 0.416 e. The van der Waals surface area contributed by atoms with E-state index in [1.165, 1.54) is 6.07 Å². The van der Waals surface area contributed by atoms with Crippen LogP contribution in [-0.4, -0.2) is 0 Å². The lowest BCUT2D eigenvalue weighted by Crippen LogP contribution is -2.04. The van der Waals surface area contributed by atoms with Gasteiger partial charge in [-0.25, -0.2) is 0 Å². The third kappa shape index (κ3) is 3.14. The molecule has 0 aliphatic heterocycles. The molecule has 0 aliphatic rings. The lowest BCUT2D eigenvalue weighted by atomic mass is 10.0. The van der Waals surface area contributed by atoms with Crippen molar-refractivity contribution in [3.8, 4) is 11.1 Å². The van der Waals surface area contributed by atoms with Crippen molar-refractivity contribution < 1.29 is 13.2 Å². The van der Waals surface area contributed by atoms with Crippen LogP contribution in [-0.2, 0) is 6.18 Å². The third-order valence-corrected chi connectivity index (χ3v) is 3.30. The molecular formula is C13H7Br2F3. The lowest BCUT2D eigenvalue weighted by molar-refractivity contribution is -0.137. The fraction of sp³-hybridized carbons (Fsp3) is 0.0769. The first-order chi connectivity index (χ1) is 8.36. The van der Waals surface area contributed by atoms with Crippen molar-refractivity contribution in [3.63, 3.8) is 0 Å². The highest BCUT2D eigenvalue weighted by atomic mass is 79.9. The number of hydrogen-bond acceptors (Lipinski definition) is 0. The molecular weight excluding hydrogens is 373 g/mol. The Morgan fingerprint density at radius 2 is 1.39 bits per heavy atom. The molecule has 2 aromatic carbocycles. The monoisotopic (exact) mass is 378 g/mol. The Kier molecular flexibility index (Phi) is 3.82.